The van der Waals surface area contributed by atoms with E-state index in [0.717, 1.165) is 17.8 Å². The van der Waals surface area contributed by atoms with Crippen LogP contribution in [0, 0.1) is 17.5 Å². The predicted octanol–water partition coefficient (Wildman–Crippen LogP) is 4.63. The molecule has 4 aromatic rings. The van der Waals surface area contributed by atoms with Crippen LogP contribution in [-0.2, 0) is 12.1 Å². The molecule has 0 saturated carbocycles. The monoisotopic (exact) mass is 484 g/mol. The number of thioether (sulfide) groups is 1. The van der Waals surface area contributed by atoms with Crippen LogP contribution in [0.2, 0.25) is 0 Å². The van der Waals surface area contributed by atoms with Crippen molar-refractivity contribution in [2.24, 2.45) is 0 Å². The van der Waals surface area contributed by atoms with Crippen molar-refractivity contribution in [2.75, 3.05) is 11.1 Å². The first-order chi connectivity index (χ1) is 16.4. The van der Waals surface area contributed by atoms with E-state index in [1.54, 1.807) is 30.3 Å². The molecule has 174 valence electrons. The number of halogens is 3. The molecule has 0 aliphatic carbocycles. The molecule has 1 unspecified atom stereocenters. The molecule has 10 heteroatoms. The molecule has 0 aliphatic rings. The summed E-state index contributed by atoms with van der Waals surface area (Å²) in [6.45, 7) is -0.147. The first kappa shape index (κ1) is 23.5. The molecule has 4 rings (SSSR count). The quantitative estimate of drug-likeness (QED) is 0.357. The van der Waals surface area contributed by atoms with Gasteiger partial charge in [0.05, 0.1) is 17.8 Å². The fourth-order valence-corrected chi connectivity index (χ4v) is 4.48. The third-order valence-corrected chi connectivity index (χ3v) is 6.33. The molecule has 0 radical (unpaired) electrons. The van der Waals surface area contributed by atoms with E-state index in [0.29, 0.717) is 16.6 Å². The van der Waals surface area contributed by atoms with E-state index < -0.39 is 29.0 Å². The molecule has 1 aromatic heterocycles. The number of anilines is 1. The number of benzene rings is 3. The maximum Gasteiger partial charge on any atom is 0.258 e. The number of rotatable bonds is 8. The van der Waals surface area contributed by atoms with Gasteiger partial charge < -0.3 is 10.4 Å². The number of hydrogen-bond donors (Lipinski definition) is 2. The summed E-state index contributed by atoms with van der Waals surface area (Å²) in [6, 6.07) is 15.3. The number of aromatic nitrogens is 3. The molecule has 0 saturated heterocycles. The summed E-state index contributed by atoms with van der Waals surface area (Å²) < 4.78 is 43.5. The van der Waals surface area contributed by atoms with Gasteiger partial charge in [0.1, 0.15) is 35.7 Å². The Bertz CT molecular complexity index is 1300. The van der Waals surface area contributed by atoms with Crippen molar-refractivity contribution in [1.82, 2.24) is 14.8 Å². The van der Waals surface area contributed by atoms with Crippen molar-refractivity contribution in [3.63, 3.8) is 0 Å². The van der Waals surface area contributed by atoms with E-state index in [-0.39, 0.29) is 23.4 Å². The van der Waals surface area contributed by atoms with Crippen LogP contribution in [-0.4, -0.2) is 31.5 Å². The van der Waals surface area contributed by atoms with Gasteiger partial charge in [-0.1, -0.05) is 30.3 Å². The second-order valence-electron chi connectivity index (χ2n) is 7.47. The number of nitrogens with zero attached hydrogens (tertiary/aromatic N) is 3. The Morgan fingerprint density at radius 3 is 2.53 bits per heavy atom. The lowest BCUT2D eigenvalue weighted by Crippen LogP contribution is -2.35. The van der Waals surface area contributed by atoms with Gasteiger partial charge >= 0.3 is 0 Å². The van der Waals surface area contributed by atoms with Gasteiger partial charge in [0.15, 0.2) is 0 Å². The van der Waals surface area contributed by atoms with Crippen molar-refractivity contribution in [3.8, 4) is 0 Å². The third-order valence-electron chi connectivity index (χ3n) is 5.04. The smallest absolute Gasteiger partial charge is 0.258 e. The summed E-state index contributed by atoms with van der Waals surface area (Å²) in [5.41, 5.74) is -1.62. The van der Waals surface area contributed by atoms with Crippen LogP contribution in [0.5, 0.6) is 0 Å². The fraction of sp³-hybridized carbons (Fsp3) is 0.125. The highest BCUT2D eigenvalue weighted by molar-refractivity contribution is 7.99. The first-order valence-electron chi connectivity index (χ1n) is 10.1. The normalized spacial score (nSPS) is 12.8. The zero-order valence-electron chi connectivity index (χ0n) is 17.7. The third kappa shape index (κ3) is 5.29. The minimum atomic E-state index is -1.79. The molecule has 0 bridgehead atoms. The number of aliphatic hydroxyl groups is 1. The highest BCUT2D eigenvalue weighted by Gasteiger charge is 2.34. The van der Waals surface area contributed by atoms with E-state index in [1.165, 1.54) is 41.6 Å². The fourth-order valence-electron chi connectivity index (χ4n) is 3.39. The van der Waals surface area contributed by atoms with Gasteiger partial charge in [-0.3, -0.25) is 4.79 Å². The average Bonchev–Trinajstić information content (AvgIpc) is 3.31. The van der Waals surface area contributed by atoms with Crippen LogP contribution in [0.3, 0.4) is 0 Å². The van der Waals surface area contributed by atoms with Gasteiger partial charge in [-0.15, -0.1) is 11.8 Å². The van der Waals surface area contributed by atoms with Crippen molar-refractivity contribution in [1.29, 1.82) is 0 Å². The van der Waals surface area contributed by atoms with Gasteiger partial charge in [0, 0.05) is 22.3 Å². The van der Waals surface area contributed by atoms with Gasteiger partial charge in [0.25, 0.3) is 5.91 Å². The van der Waals surface area contributed by atoms with Crippen molar-refractivity contribution < 1.29 is 23.1 Å². The molecular weight excluding hydrogens is 465 g/mol. The number of amides is 1. The largest absolute Gasteiger partial charge is 0.382 e. The lowest BCUT2D eigenvalue weighted by Gasteiger charge is -2.29. The Hall–Kier alpha value is -3.63. The van der Waals surface area contributed by atoms with Gasteiger partial charge in [0.2, 0.25) is 0 Å². The lowest BCUT2D eigenvalue weighted by atomic mass is 9.95. The second-order valence-corrected chi connectivity index (χ2v) is 8.48. The molecule has 0 aliphatic heterocycles. The number of carbonyl (C=O) groups is 1. The highest BCUT2D eigenvalue weighted by Crippen LogP contribution is 2.36. The maximum absolute atomic E-state index is 14.6. The summed E-state index contributed by atoms with van der Waals surface area (Å²) in [4.78, 5) is 17.0. The highest BCUT2D eigenvalue weighted by atomic mass is 32.2. The van der Waals surface area contributed by atoms with Gasteiger partial charge in [-0.25, -0.2) is 22.8 Å². The first-order valence-corrected chi connectivity index (χ1v) is 11.1. The summed E-state index contributed by atoms with van der Waals surface area (Å²) in [7, 11) is 0. The van der Waals surface area contributed by atoms with Crippen molar-refractivity contribution in [3.05, 3.63) is 108 Å². The van der Waals surface area contributed by atoms with Crippen LogP contribution in [0.15, 0.2) is 84.3 Å². The molecule has 6 nitrogen and oxygen atoms in total. The van der Waals surface area contributed by atoms with Crippen LogP contribution < -0.4 is 5.32 Å². The number of carbonyl (C=O) groups excluding carboxylic acids is 1. The molecule has 0 spiro atoms. The van der Waals surface area contributed by atoms with E-state index in [2.05, 4.69) is 15.4 Å². The van der Waals surface area contributed by atoms with Crippen LogP contribution in [0.4, 0.5) is 18.9 Å². The van der Waals surface area contributed by atoms with Crippen molar-refractivity contribution in [2.45, 2.75) is 17.0 Å². The molecule has 1 atom stereocenters. The maximum atomic E-state index is 14.6. The lowest BCUT2D eigenvalue weighted by molar-refractivity contribution is 0.0360. The molecule has 1 amide bonds. The Balaban J connectivity index is 1.60. The minimum absolute atomic E-state index is 0.0675. The Kier molecular flexibility index (Phi) is 6.99. The molecule has 3 aromatic carbocycles. The summed E-state index contributed by atoms with van der Waals surface area (Å²) >= 11 is 1.14. The van der Waals surface area contributed by atoms with E-state index in [4.69, 9.17) is 0 Å². The molecular formula is C24H19F3N4O2S. The van der Waals surface area contributed by atoms with E-state index in [9.17, 15) is 23.1 Å². The standard InChI is InChI=1S/C24H19F3N4O2S/c25-16-9-10-18(20(27)11-16)24(33,12-31-15-28-14-29-31)13-34-22-8-4-3-7-21(22)30-23(32)17-5-1-2-6-19(17)26/h1-11,14-15,33H,12-13H2,(H,30,32). The van der Waals surface area contributed by atoms with E-state index in [1.807, 2.05) is 0 Å². The average molecular weight is 485 g/mol. The van der Waals surface area contributed by atoms with E-state index >= 15 is 0 Å². The molecule has 34 heavy (non-hydrogen) atoms. The molecule has 1 heterocycles. The summed E-state index contributed by atoms with van der Waals surface area (Å²) in [5.74, 6) is -3.02. The zero-order valence-corrected chi connectivity index (χ0v) is 18.5. The predicted molar refractivity (Wildman–Crippen MR) is 122 cm³/mol. The topological polar surface area (TPSA) is 80.0 Å². The number of hydrogen-bond acceptors (Lipinski definition) is 5. The van der Waals surface area contributed by atoms with Gasteiger partial charge in [-0.05, 0) is 30.3 Å². The minimum Gasteiger partial charge on any atom is -0.382 e. The van der Waals surface area contributed by atoms with Gasteiger partial charge in [-0.2, -0.15) is 5.10 Å². The molecule has 0 fully saturated rings. The SMILES string of the molecule is O=C(Nc1ccccc1SCC(O)(Cn1cncn1)c1ccc(F)cc1F)c1ccccc1F. The number of para-hydroxylation sites is 1. The Morgan fingerprint density at radius 1 is 1.03 bits per heavy atom. The second kappa shape index (κ2) is 10.1. The van der Waals surface area contributed by atoms with Crippen molar-refractivity contribution >= 4 is 23.4 Å². The van der Waals surface area contributed by atoms with Crippen LogP contribution >= 0.6 is 11.8 Å². The molecule has 2 N–H and O–H groups in total. The summed E-state index contributed by atoms with van der Waals surface area (Å²) in [5, 5.41) is 18.1. The number of nitrogens with one attached hydrogen (secondary N) is 1. The van der Waals surface area contributed by atoms with Crippen LogP contribution in [0.1, 0.15) is 15.9 Å². The zero-order chi connectivity index (χ0) is 24.1. The van der Waals surface area contributed by atoms with Crippen LogP contribution in [0.25, 0.3) is 0 Å². The Morgan fingerprint density at radius 2 is 1.79 bits per heavy atom. The Labute approximate surface area is 197 Å². The summed E-state index contributed by atoms with van der Waals surface area (Å²) in [6.07, 6.45) is 2.65.